The molecule has 1 aliphatic heterocycles. The summed E-state index contributed by atoms with van der Waals surface area (Å²) in [5.41, 5.74) is 7.18. The summed E-state index contributed by atoms with van der Waals surface area (Å²) < 4.78 is 5.24. The minimum absolute atomic E-state index is 0.311. The summed E-state index contributed by atoms with van der Waals surface area (Å²) in [5, 5.41) is 3.05. The lowest BCUT2D eigenvalue weighted by atomic mass is 9.95. The summed E-state index contributed by atoms with van der Waals surface area (Å²) in [6.45, 7) is 1.00. The van der Waals surface area contributed by atoms with Gasteiger partial charge in [-0.15, -0.1) is 0 Å². The molecule has 6 nitrogen and oxygen atoms in total. The fraction of sp³-hybridized carbons (Fsp3) is 0.444. The maximum Gasteiger partial charge on any atom is 0.223 e. The van der Waals surface area contributed by atoms with Crippen LogP contribution in [-0.2, 0) is 6.42 Å². The zero-order chi connectivity index (χ0) is 16.9. The van der Waals surface area contributed by atoms with E-state index in [9.17, 15) is 0 Å². The summed E-state index contributed by atoms with van der Waals surface area (Å²) >= 11 is 0. The van der Waals surface area contributed by atoms with E-state index < -0.39 is 0 Å². The Morgan fingerprint density at radius 3 is 2.75 bits per heavy atom. The molecule has 0 aliphatic carbocycles. The van der Waals surface area contributed by atoms with Crippen LogP contribution in [-0.4, -0.2) is 36.7 Å². The number of methoxy groups -OCH3 is 1. The predicted molar refractivity (Wildman–Crippen MR) is 97.7 cm³/mol. The van der Waals surface area contributed by atoms with E-state index >= 15 is 0 Å². The maximum atomic E-state index is 5.87. The van der Waals surface area contributed by atoms with Gasteiger partial charge in [-0.1, -0.05) is 12.1 Å². The quantitative estimate of drug-likeness (QED) is 0.879. The van der Waals surface area contributed by atoms with E-state index in [1.165, 1.54) is 18.4 Å². The number of nitrogens with zero attached hydrogens (tertiary/aromatic N) is 3. The van der Waals surface area contributed by atoms with Crippen molar-refractivity contribution >= 4 is 17.6 Å². The van der Waals surface area contributed by atoms with Crippen LogP contribution in [0, 0.1) is 0 Å². The van der Waals surface area contributed by atoms with E-state index in [1.807, 2.05) is 25.2 Å². The zero-order valence-corrected chi connectivity index (χ0v) is 14.3. The molecule has 24 heavy (non-hydrogen) atoms. The highest BCUT2D eigenvalue weighted by Crippen LogP contribution is 2.27. The van der Waals surface area contributed by atoms with E-state index in [4.69, 9.17) is 10.5 Å². The molecule has 1 saturated heterocycles. The second kappa shape index (κ2) is 7.38. The van der Waals surface area contributed by atoms with Crippen LogP contribution in [0.2, 0.25) is 0 Å². The lowest BCUT2D eigenvalue weighted by Crippen LogP contribution is -2.41. The summed E-state index contributed by atoms with van der Waals surface area (Å²) in [4.78, 5) is 11.0. The van der Waals surface area contributed by atoms with Crippen molar-refractivity contribution in [2.45, 2.75) is 31.7 Å². The second-order valence-corrected chi connectivity index (χ2v) is 6.11. The number of hydrogen-bond acceptors (Lipinski definition) is 6. The van der Waals surface area contributed by atoms with Crippen LogP contribution in [0.1, 0.15) is 24.8 Å². The zero-order valence-electron chi connectivity index (χ0n) is 14.3. The first kappa shape index (κ1) is 16.4. The third-order valence-electron chi connectivity index (χ3n) is 4.54. The van der Waals surface area contributed by atoms with Crippen molar-refractivity contribution in [2.24, 2.45) is 0 Å². The number of benzene rings is 1. The molecule has 0 amide bonds. The third-order valence-corrected chi connectivity index (χ3v) is 4.54. The molecule has 2 aromatic rings. The maximum absolute atomic E-state index is 5.87. The van der Waals surface area contributed by atoms with Crippen LogP contribution in [0.15, 0.2) is 30.3 Å². The van der Waals surface area contributed by atoms with Crippen LogP contribution >= 0.6 is 0 Å². The highest BCUT2D eigenvalue weighted by molar-refractivity contribution is 5.53. The van der Waals surface area contributed by atoms with Crippen molar-refractivity contribution in [1.29, 1.82) is 0 Å². The average molecular weight is 327 g/mol. The van der Waals surface area contributed by atoms with Crippen molar-refractivity contribution < 1.29 is 4.74 Å². The molecule has 1 fully saturated rings. The van der Waals surface area contributed by atoms with Gasteiger partial charge in [-0.2, -0.15) is 9.97 Å². The van der Waals surface area contributed by atoms with E-state index in [-0.39, 0.29) is 0 Å². The van der Waals surface area contributed by atoms with Gasteiger partial charge in [0.2, 0.25) is 5.95 Å². The Labute approximate surface area is 143 Å². The molecule has 0 spiro atoms. The molecule has 1 aromatic carbocycles. The van der Waals surface area contributed by atoms with Gasteiger partial charge in [0.1, 0.15) is 17.4 Å². The van der Waals surface area contributed by atoms with Gasteiger partial charge in [0, 0.05) is 25.7 Å². The van der Waals surface area contributed by atoms with Gasteiger partial charge in [0.05, 0.1) is 7.11 Å². The Balaban J connectivity index is 1.81. The fourth-order valence-electron chi connectivity index (χ4n) is 3.28. The number of nitrogens with one attached hydrogen (secondary N) is 1. The number of anilines is 3. The molecule has 0 radical (unpaired) electrons. The van der Waals surface area contributed by atoms with Crippen LogP contribution < -0.4 is 20.7 Å². The van der Waals surface area contributed by atoms with Gasteiger partial charge >= 0.3 is 0 Å². The van der Waals surface area contributed by atoms with Crippen LogP contribution in [0.4, 0.5) is 17.6 Å². The number of aromatic nitrogens is 2. The molecule has 1 aliphatic rings. The van der Waals surface area contributed by atoms with Crippen LogP contribution in [0.25, 0.3) is 0 Å². The van der Waals surface area contributed by atoms with Crippen molar-refractivity contribution in [2.75, 3.05) is 36.7 Å². The SMILES string of the molecule is CNc1cc(N2CCCCC2Cc2ccc(OC)cc2)nc(N)n1. The molecule has 6 heteroatoms. The topological polar surface area (TPSA) is 76.3 Å². The van der Waals surface area contributed by atoms with Crippen molar-refractivity contribution in [3.63, 3.8) is 0 Å². The fourth-order valence-corrected chi connectivity index (χ4v) is 3.28. The second-order valence-electron chi connectivity index (χ2n) is 6.11. The number of ether oxygens (including phenoxy) is 1. The van der Waals surface area contributed by atoms with E-state index in [2.05, 4.69) is 32.3 Å². The minimum atomic E-state index is 0.311. The lowest BCUT2D eigenvalue weighted by molar-refractivity contribution is 0.414. The Morgan fingerprint density at radius 2 is 2.04 bits per heavy atom. The highest BCUT2D eigenvalue weighted by Gasteiger charge is 2.24. The standard InChI is InChI=1S/C18H25N5O/c1-20-16-12-17(22-18(19)21-16)23-10-4-3-5-14(23)11-13-6-8-15(24-2)9-7-13/h6-9,12,14H,3-5,10-11H2,1-2H3,(H3,19,20,21,22). The summed E-state index contributed by atoms with van der Waals surface area (Å²) in [6, 6.07) is 10.7. The molecular formula is C18H25N5O. The Hall–Kier alpha value is -2.50. The number of nitrogens with two attached hydrogens (primary N) is 1. The summed E-state index contributed by atoms with van der Waals surface area (Å²) in [7, 11) is 3.54. The first-order valence-corrected chi connectivity index (χ1v) is 8.41. The minimum Gasteiger partial charge on any atom is -0.497 e. The van der Waals surface area contributed by atoms with Gasteiger partial charge in [0.15, 0.2) is 0 Å². The Bertz CT molecular complexity index is 674. The summed E-state index contributed by atoms with van der Waals surface area (Å²) in [5.74, 6) is 2.86. The first-order valence-electron chi connectivity index (χ1n) is 8.41. The van der Waals surface area contributed by atoms with Crippen molar-refractivity contribution in [3.05, 3.63) is 35.9 Å². The molecule has 1 atom stereocenters. The largest absolute Gasteiger partial charge is 0.497 e. The molecule has 1 aromatic heterocycles. The van der Waals surface area contributed by atoms with Gasteiger partial charge in [-0.05, 0) is 43.4 Å². The van der Waals surface area contributed by atoms with E-state index in [0.29, 0.717) is 12.0 Å². The summed E-state index contributed by atoms with van der Waals surface area (Å²) in [6.07, 6.45) is 4.57. The number of piperidine rings is 1. The molecule has 0 bridgehead atoms. The molecule has 1 unspecified atom stereocenters. The van der Waals surface area contributed by atoms with Crippen LogP contribution in [0.5, 0.6) is 5.75 Å². The van der Waals surface area contributed by atoms with Crippen LogP contribution in [0.3, 0.4) is 0 Å². The number of nitrogen functional groups attached to an aromatic ring is 1. The molecule has 128 valence electrons. The smallest absolute Gasteiger partial charge is 0.223 e. The van der Waals surface area contributed by atoms with Crippen molar-refractivity contribution in [1.82, 2.24) is 9.97 Å². The highest BCUT2D eigenvalue weighted by atomic mass is 16.5. The third kappa shape index (κ3) is 3.69. The Morgan fingerprint density at radius 1 is 1.25 bits per heavy atom. The molecule has 2 heterocycles. The molecule has 3 N–H and O–H groups in total. The predicted octanol–water partition coefficient (Wildman–Crippen LogP) is 2.71. The average Bonchev–Trinajstić information content (AvgIpc) is 2.62. The molecule has 3 rings (SSSR count). The van der Waals surface area contributed by atoms with E-state index in [0.717, 1.165) is 36.8 Å². The van der Waals surface area contributed by atoms with Crippen molar-refractivity contribution in [3.8, 4) is 5.75 Å². The normalized spacial score (nSPS) is 17.6. The molecule has 0 saturated carbocycles. The van der Waals surface area contributed by atoms with Gasteiger partial charge in [-0.25, -0.2) is 0 Å². The lowest BCUT2D eigenvalue weighted by Gasteiger charge is -2.37. The van der Waals surface area contributed by atoms with Gasteiger partial charge in [-0.3, -0.25) is 0 Å². The number of rotatable bonds is 5. The first-order chi connectivity index (χ1) is 11.7. The molecular weight excluding hydrogens is 302 g/mol. The Kier molecular flexibility index (Phi) is 5.03. The monoisotopic (exact) mass is 327 g/mol. The van der Waals surface area contributed by atoms with E-state index in [1.54, 1.807) is 7.11 Å². The van der Waals surface area contributed by atoms with Gasteiger partial charge < -0.3 is 20.7 Å². The van der Waals surface area contributed by atoms with Gasteiger partial charge in [0.25, 0.3) is 0 Å². The number of hydrogen-bond donors (Lipinski definition) is 2.